The number of fused-ring (bicyclic) bond motifs is 1. The lowest BCUT2D eigenvalue weighted by molar-refractivity contribution is 1.69. The molecule has 0 atom stereocenters. The van der Waals surface area contributed by atoms with E-state index in [1.807, 2.05) is 6.07 Å². The molecule has 0 aliphatic carbocycles. The first-order valence-corrected chi connectivity index (χ1v) is 4.51. The number of halogens is 1. The molecule has 2 aromatic rings. The van der Waals surface area contributed by atoms with Gasteiger partial charge in [0.1, 0.15) is 0 Å². The predicted molar refractivity (Wildman–Crippen MR) is 55.5 cm³/mol. The number of benzene rings is 2. The molecule has 2 rings (SSSR count). The SMILES string of the molecule is Ic1[c]ccc2ccccc12. The van der Waals surface area contributed by atoms with Crippen LogP contribution in [0, 0.1) is 9.64 Å². The standard InChI is InChI=1S/C10H6I/c11-10-7-3-5-8-4-1-2-6-9(8)10/h1-6H. The fraction of sp³-hybridized carbons (Fsp3) is 0. The molecule has 1 heteroatoms. The minimum atomic E-state index is 1.20. The fourth-order valence-corrected chi connectivity index (χ4v) is 1.80. The smallest absolute Gasteiger partial charge is 0.0287 e. The Morgan fingerprint density at radius 1 is 1.09 bits per heavy atom. The van der Waals surface area contributed by atoms with E-state index in [4.69, 9.17) is 0 Å². The van der Waals surface area contributed by atoms with Crippen molar-refractivity contribution in [2.75, 3.05) is 0 Å². The summed E-state index contributed by atoms with van der Waals surface area (Å²) in [6.07, 6.45) is 0. The summed E-state index contributed by atoms with van der Waals surface area (Å²) in [7, 11) is 0. The molecular weight excluding hydrogens is 247 g/mol. The molecular formula is C10H6I. The molecule has 0 aliphatic rings. The number of hydrogen-bond acceptors (Lipinski definition) is 0. The molecule has 0 amide bonds. The van der Waals surface area contributed by atoms with Crippen molar-refractivity contribution in [1.29, 1.82) is 0 Å². The average molecular weight is 253 g/mol. The van der Waals surface area contributed by atoms with E-state index in [1.165, 1.54) is 14.3 Å². The molecule has 0 unspecified atom stereocenters. The summed E-state index contributed by atoms with van der Waals surface area (Å²) in [5.41, 5.74) is 0. The van der Waals surface area contributed by atoms with Crippen LogP contribution in [0.3, 0.4) is 0 Å². The van der Waals surface area contributed by atoms with Gasteiger partial charge in [0.15, 0.2) is 0 Å². The van der Waals surface area contributed by atoms with E-state index in [1.54, 1.807) is 0 Å². The fourth-order valence-electron chi connectivity index (χ4n) is 1.12. The van der Waals surface area contributed by atoms with Gasteiger partial charge < -0.3 is 0 Å². The summed E-state index contributed by atoms with van der Waals surface area (Å²) in [5, 5.41) is 2.58. The van der Waals surface area contributed by atoms with Crippen molar-refractivity contribution in [3.8, 4) is 0 Å². The van der Waals surface area contributed by atoms with E-state index in [2.05, 4.69) is 59.0 Å². The van der Waals surface area contributed by atoms with E-state index in [9.17, 15) is 0 Å². The monoisotopic (exact) mass is 253 g/mol. The van der Waals surface area contributed by atoms with E-state index < -0.39 is 0 Å². The van der Waals surface area contributed by atoms with Crippen LogP contribution in [0.2, 0.25) is 0 Å². The van der Waals surface area contributed by atoms with E-state index >= 15 is 0 Å². The molecule has 0 saturated heterocycles. The van der Waals surface area contributed by atoms with Crippen molar-refractivity contribution in [2.24, 2.45) is 0 Å². The zero-order valence-electron chi connectivity index (χ0n) is 5.84. The minimum Gasteiger partial charge on any atom is -0.0616 e. The second-order valence-electron chi connectivity index (χ2n) is 2.38. The first kappa shape index (κ1) is 7.10. The first-order valence-electron chi connectivity index (χ1n) is 3.43. The first-order chi connectivity index (χ1) is 5.38. The van der Waals surface area contributed by atoms with Crippen LogP contribution in [0.1, 0.15) is 0 Å². The Hall–Kier alpha value is -0.570. The zero-order chi connectivity index (χ0) is 7.68. The maximum absolute atomic E-state index is 3.16. The molecule has 1 radical (unpaired) electrons. The Morgan fingerprint density at radius 2 is 1.91 bits per heavy atom. The lowest BCUT2D eigenvalue weighted by atomic mass is 10.1. The highest BCUT2D eigenvalue weighted by molar-refractivity contribution is 14.1. The van der Waals surface area contributed by atoms with Crippen LogP contribution in [-0.2, 0) is 0 Å². The molecule has 0 spiro atoms. The Labute approximate surface area is 79.4 Å². The Balaban J connectivity index is 2.91. The molecule has 0 heterocycles. The van der Waals surface area contributed by atoms with Crippen molar-refractivity contribution >= 4 is 33.4 Å². The topological polar surface area (TPSA) is 0 Å². The third-order valence-electron chi connectivity index (χ3n) is 1.67. The third kappa shape index (κ3) is 1.25. The normalized spacial score (nSPS) is 10.3. The van der Waals surface area contributed by atoms with Gasteiger partial charge in [0.25, 0.3) is 0 Å². The lowest BCUT2D eigenvalue weighted by Crippen LogP contribution is -1.75. The Kier molecular flexibility index (Phi) is 1.82. The summed E-state index contributed by atoms with van der Waals surface area (Å²) in [5.74, 6) is 0. The minimum absolute atomic E-state index is 1.20. The zero-order valence-corrected chi connectivity index (χ0v) is 8.00. The van der Waals surface area contributed by atoms with Gasteiger partial charge in [0.05, 0.1) is 0 Å². The van der Waals surface area contributed by atoms with Crippen LogP contribution in [0.5, 0.6) is 0 Å². The van der Waals surface area contributed by atoms with Crippen molar-refractivity contribution in [1.82, 2.24) is 0 Å². The van der Waals surface area contributed by atoms with Crippen LogP contribution in [0.4, 0.5) is 0 Å². The quantitative estimate of drug-likeness (QED) is 0.632. The highest BCUT2D eigenvalue weighted by Gasteiger charge is 1.93. The van der Waals surface area contributed by atoms with Gasteiger partial charge in [-0.15, -0.1) is 0 Å². The van der Waals surface area contributed by atoms with Gasteiger partial charge in [0, 0.05) is 3.57 Å². The molecule has 0 fully saturated rings. The maximum Gasteiger partial charge on any atom is 0.0287 e. The van der Waals surface area contributed by atoms with Gasteiger partial charge in [-0.1, -0.05) is 36.4 Å². The molecule has 0 N–H and O–H groups in total. The third-order valence-corrected chi connectivity index (χ3v) is 2.56. The largest absolute Gasteiger partial charge is 0.0616 e. The second kappa shape index (κ2) is 2.81. The summed E-state index contributed by atoms with van der Waals surface area (Å²) in [6, 6.07) is 15.5. The summed E-state index contributed by atoms with van der Waals surface area (Å²) in [6.45, 7) is 0. The molecule has 2 aromatic carbocycles. The summed E-state index contributed by atoms with van der Waals surface area (Å²) < 4.78 is 1.20. The number of hydrogen-bond donors (Lipinski definition) is 0. The Bertz CT molecular complexity index is 374. The van der Waals surface area contributed by atoms with E-state index in [0.717, 1.165) is 0 Å². The highest BCUT2D eigenvalue weighted by atomic mass is 127. The van der Waals surface area contributed by atoms with Crippen LogP contribution >= 0.6 is 22.6 Å². The molecule has 53 valence electrons. The summed E-state index contributed by atoms with van der Waals surface area (Å²) >= 11 is 2.30. The average Bonchev–Trinajstić information content (AvgIpc) is 2.06. The van der Waals surface area contributed by atoms with Gasteiger partial charge in [-0.3, -0.25) is 0 Å². The van der Waals surface area contributed by atoms with Gasteiger partial charge >= 0.3 is 0 Å². The summed E-state index contributed by atoms with van der Waals surface area (Å²) in [4.78, 5) is 0. The molecule has 11 heavy (non-hydrogen) atoms. The number of rotatable bonds is 0. The van der Waals surface area contributed by atoms with Crippen LogP contribution in [0.15, 0.2) is 36.4 Å². The van der Waals surface area contributed by atoms with Crippen molar-refractivity contribution < 1.29 is 0 Å². The maximum atomic E-state index is 3.16. The van der Waals surface area contributed by atoms with Gasteiger partial charge in [-0.2, -0.15) is 0 Å². The lowest BCUT2D eigenvalue weighted by Gasteiger charge is -1.97. The molecule has 0 saturated carbocycles. The van der Waals surface area contributed by atoms with E-state index in [-0.39, 0.29) is 0 Å². The van der Waals surface area contributed by atoms with Gasteiger partial charge in [-0.05, 0) is 39.4 Å². The molecule has 0 aromatic heterocycles. The van der Waals surface area contributed by atoms with Crippen LogP contribution in [-0.4, -0.2) is 0 Å². The predicted octanol–water partition coefficient (Wildman–Crippen LogP) is 3.24. The van der Waals surface area contributed by atoms with Crippen molar-refractivity contribution in [3.05, 3.63) is 46.0 Å². The van der Waals surface area contributed by atoms with Crippen LogP contribution in [0.25, 0.3) is 10.8 Å². The molecule has 0 bridgehead atoms. The van der Waals surface area contributed by atoms with E-state index in [0.29, 0.717) is 0 Å². The molecule has 0 nitrogen and oxygen atoms in total. The molecule has 0 aliphatic heterocycles. The van der Waals surface area contributed by atoms with Gasteiger partial charge in [-0.25, -0.2) is 0 Å². The second-order valence-corrected chi connectivity index (χ2v) is 3.46. The van der Waals surface area contributed by atoms with Crippen molar-refractivity contribution in [3.63, 3.8) is 0 Å². The van der Waals surface area contributed by atoms with Crippen LogP contribution < -0.4 is 0 Å². The van der Waals surface area contributed by atoms with Gasteiger partial charge in [0.2, 0.25) is 0 Å². The Morgan fingerprint density at radius 3 is 2.73 bits per heavy atom. The van der Waals surface area contributed by atoms with Crippen molar-refractivity contribution in [2.45, 2.75) is 0 Å². The highest BCUT2D eigenvalue weighted by Crippen LogP contribution is 2.18.